The van der Waals surface area contributed by atoms with Crippen LogP contribution in [-0.2, 0) is 5.41 Å². The van der Waals surface area contributed by atoms with Gasteiger partial charge < -0.3 is 5.11 Å². The van der Waals surface area contributed by atoms with Crippen molar-refractivity contribution < 1.29 is 13.9 Å². The van der Waals surface area contributed by atoms with Crippen LogP contribution in [-0.4, -0.2) is 18.0 Å². The Hall–Kier alpha value is -0.610. The Kier molecular flexibility index (Phi) is 3.73. The van der Waals surface area contributed by atoms with Crippen molar-refractivity contribution >= 4 is 11.8 Å². The van der Waals surface area contributed by atoms with Gasteiger partial charge in [0, 0.05) is 15.9 Å². The molecular weight excluding hydrogens is 218 g/mol. The molecule has 1 rings (SSSR count). The highest BCUT2D eigenvalue weighted by molar-refractivity contribution is 7.98. The van der Waals surface area contributed by atoms with Gasteiger partial charge in [-0.3, -0.25) is 0 Å². The quantitative estimate of drug-likeness (QED) is 0.808. The lowest BCUT2D eigenvalue weighted by molar-refractivity contribution is 0.210. The molecule has 0 unspecified atom stereocenters. The van der Waals surface area contributed by atoms with E-state index < -0.39 is 17.0 Å². The average Bonchev–Trinajstić information content (AvgIpc) is 2.18. The third kappa shape index (κ3) is 2.32. The first kappa shape index (κ1) is 12.5. The number of halogens is 2. The Labute approximate surface area is 92.5 Å². The van der Waals surface area contributed by atoms with E-state index in [9.17, 15) is 8.78 Å². The summed E-state index contributed by atoms with van der Waals surface area (Å²) in [5.41, 5.74) is -0.947. The molecular formula is C11H14F2OS. The molecule has 0 heterocycles. The zero-order valence-corrected chi connectivity index (χ0v) is 9.79. The standard InChI is InChI=1S/C11H14F2OS/c1-11(2,6-14)9-7(12)4-5-8(15-3)10(9)13/h4-5,14H,6H2,1-3H3. The Bertz CT molecular complexity index is 364. The first-order valence-electron chi connectivity index (χ1n) is 4.57. The van der Waals surface area contributed by atoms with Crippen LogP contribution in [0.3, 0.4) is 0 Å². The minimum atomic E-state index is -0.903. The van der Waals surface area contributed by atoms with Crippen LogP contribution < -0.4 is 0 Å². The summed E-state index contributed by atoms with van der Waals surface area (Å²) >= 11 is 1.22. The molecule has 0 aliphatic carbocycles. The third-order valence-electron chi connectivity index (χ3n) is 2.35. The summed E-state index contributed by atoms with van der Waals surface area (Å²) in [5, 5.41) is 9.12. The molecule has 0 fully saturated rings. The van der Waals surface area contributed by atoms with Gasteiger partial charge in [0.15, 0.2) is 0 Å². The second-order valence-electron chi connectivity index (χ2n) is 3.98. The molecule has 1 aromatic carbocycles. The lowest BCUT2D eigenvalue weighted by atomic mass is 9.85. The Morgan fingerprint density at radius 1 is 1.33 bits per heavy atom. The summed E-state index contributed by atoms with van der Waals surface area (Å²) in [6.07, 6.45) is 1.73. The maximum atomic E-state index is 13.8. The monoisotopic (exact) mass is 232 g/mol. The van der Waals surface area contributed by atoms with Gasteiger partial charge in [-0.2, -0.15) is 0 Å². The normalized spacial score (nSPS) is 11.9. The van der Waals surface area contributed by atoms with Gasteiger partial charge in [0.1, 0.15) is 11.6 Å². The first-order valence-corrected chi connectivity index (χ1v) is 5.80. The van der Waals surface area contributed by atoms with Crippen LogP contribution in [0.4, 0.5) is 8.78 Å². The van der Waals surface area contributed by atoms with Crippen molar-refractivity contribution in [2.75, 3.05) is 12.9 Å². The van der Waals surface area contributed by atoms with Gasteiger partial charge in [0.25, 0.3) is 0 Å². The van der Waals surface area contributed by atoms with E-state index in [2.05, 4.69) is 0 Å². The zero-order chi connectivity index (χ0) is 11.6. The molecule has 84 valence electrons. The predicted molar refractivity (Wildman–Crippen MR) is 58.3 cm³/mol. The zero-order valence-electron chi connectivity index (χ0n) is 8.97. The molecule has 0 amide bonds. The van der Waals surface area contributed by atoms with Crippen molar-refractivity contribution in [3.05, 3.63) is 29.3 Å². The second-order valence-corrected chi connectivity index (χ2v) is 4.83. The molecule has 1 nitrogen and oxygen atoms in total. The summed E-state index contributed by atoms with van der Waals surface area (Å²) in [6.45, 7) is 2.93. The molecule has 0 atom stereocenters. The SMILES string of the molecule is CSc1ccc(F)c(C(C)(C)CO)c1F. The minimum Gasteiger partial charge on any atom is -0.395 e. The molecule has 1 aromatic rings. The van der Waals surface area contributed by atoms with Gasteiger partial charge in [-0.1, -0.05) is 13.8 Å². The smallest absolute Gasteiger partial charge is 0.143 e. The van der Waals surface area contributed by atoms with Gasteiger partial charge in [0.05, 0.1) is 6.61 Å². The summed E-state index contributed by atoms with van der Waals surface area (Å²) in [4.78, 5) is 0.396. The van der Waals surface area contributed by atoms with E-state index in [1.807, 2.05) is 0 Å². The first-order chi connectivity index (χ1) is 6.94. The number of aliphatic hydroxyl groups excluding tert-OH is 1. The Morgan fingerprint density at radius 2 is 1.93 bits per heavy atom. The number of hydrogen-bond acceptors (Lipinski definition) is 2. The molecule has 0 saturated carbocycles. The lowest BCUT2D eigenvalue weighted by Crippen LogP contribution is -2.25. The van der Waals surface area contributed by atoms with Crippen LogP contribution in [0.15, 0.2) is 17.0 Å². The van der Waals surface area contributed by atoms with Crippen molar-refractivity contribution in [2.45, 2.75) is 24.2 Å². The van der Waals surface area contributed by atoms with Crippen molar-refractivity contribution in [3.8, 4) is 0 Å². The molecule has 0 saturated heterocycles. The topological polar surface area (TPSA) is 20.2 Å². The summed E-state index contributed by atoms with van der Waals surface area (Å²) in [6, 6.07) is 2.65. The molecule has 0 bridgehead atoms. The third-order valence-corrected chi connectivity index (χ3v) is 3.10. The van der Waals surface area contributed by atoms with Crippen LogP contribution in [0.2, 0.25) is 0 Å². The lowest BCUT2D eigenvalue weighted by Gasteiger charge is -2.24. The number of thioether (sulfide) groups is 1. The maximum absolute atomic E-state index is 13.8. The molecule has 0 spiro atoms. The van der Waals surface area contributed by atoms with E-state index in [1.54, 1.807) is 20.1 Å². The molecule has 15 heavy (non-hydrogen) atoms. The van der Waals surface area contributed by atoms with Gasteiger partial charge in [-0.15, -0.1) is 11.8 Å². The van der Waals surface area contributed by atoms with Crippen molar-refractivity contribution in [3.63, 3.8) is 0 Å². The predicted octanol–water partition coefficient (Wildman–Crippen LogP) is 2.96. The van der Waals surface area contributed by atoms with Crippen LogP contribution >= 0.6 is 11.8 Å². The fourth-order valence-corrected chi connectivity index (χ4v) is 1.88. The maximum Gasteiger partial charge on any atom is 0.143 e. The van der Waals surface area contributed by atoms with E-state index in [0.717, 1.165) is 0 Å². The molecule has 0 aliphatic heterocycles. The van der Waals surface area contributed by atoms with E-state index in [-0.39, 0.29) is 12.2 Å². The number of hydrogen-bond donors (Lipinski definition) is 1. The second kappa shape index (κ2) is 4.49. The fraction of sp³-hybridized carbons (Fsp3) is 0.455. The molecule has 4 heteroatoms. The largest absolute Gasteiger partial charge is 0.395 e. The number of aliphatic hydroxyl groups is 1. The van der Waals surface area contributed by atoms with Crippen molar-refractivity contribution in [1.29, 1.82) is 0 Å². The molecule has 0 radical (unpaired) electrons. The summed E-state index contributed by atoms with van der Waals surface area (Å²) < 4.78 is 27.3. The van der Waals surface area contributed by atoms with E-state index in [1.165, 1.54) is 23.9 Å². The van der Waals surface area contributed by atoms with Crippen molar-refractivity contribution in [2.24, 2.45) is 0 Å². The van der Waals surface area contributed by atoms with Crippen LogP contribution in [0.1, 0.15) is 19.4 Å². The number of rotatable bonds is 3. The van der Waals surface area contributed by atoms with Gasteiger partial charge in [-0.05, 0) is 18.4 Å². The van der Waals surface area contributed by atoms with E-state index in [4.69, 9.17) is 5.11 Å². The highest BCUT2D eigenvalue weighted by Crippen LogP contribution is 2.32. The van der Waals surface area contributed by atoms with Crippen LogP contribution in [0.25, 0.3) is 0 Å². The fourth-order valence-electron chi connectivity index (χ4n) is 1.39. The Morgan fingerprint density at radius 3 is 2.40 bits per heavy atom. The van der Waals surface area contributed by atoms with Gasteiger partial charge in [0.2, 0.25) is 0 Å². The summed E-state index contributed by atoms with van der Waals surface area (Å²) in [7, 11) is 0. The average molecular weight is 232 g/mol. The van der Waals surface area contributed by atoms with Gasteiger partial charge >= 0.3 is 0 Å². The van der Waals surface area contributed by atoms with E-state index >= 15 is 0 Å². The molecule has 0 aromatic heterocycles. The van der Waals surface area contributed by atoms with Crippen LogP contribution in [0, 0.1) is 11.6 Å². The summed E-state index contributed by atoms with van der Waals surface area (Å²) in [5.74, 6) is -1.18. The minimum absolute atomic E-state index is 0.0446. The Balaban J connectivity index is 3.39. The van der Waals surface area contributed by atoms with Crippen LogP contribution in [0.5, 0.6) is 0 Å². The molecule has 0 aliphatic rings. The van der Waals surface area contributed by atoms with Gasteiger partial charge in [-0.25, -0.2) is 8.78 Å². The number of benzene rings is 1. The molecule has 1 N–H and O–H groups in total. The van der Waals surface area contributed by atoms with E-state index in [0.29, 0.717) is 4.90 Å². The van der Waals surface area contributed by atoms with Crippen molar-refractivity contribution in [1.82, 2.24) is 0 Å². The highest BCUT2D eigenvalue weighted by atomic mass is 32.2. The highest BCUT2D eigenvalue weighted by Gasteiger charge is 2.28.